The van der Waals surface area contributed by atoms with Gasteiger partial charge < -0.3 is 20.1 Å². The molecule has 3 aromatic heterocycles. The van der Waals surface area contributed by atoms with Gasteiger partial charge in [-0.25, -0.2) is 9.07 Å². The largest absolute Gasteiger partial charge is 0.490 e. The highest BCUT2D eigenvalue weighted by atomic mass is 19.1. The van der Waals surface area contributed by atoms with Crippen LogP contribution in [-0.4, -0.2) is 74.5 Å². The molecule has 1 aliphatic heterocycles. The van der Waals surface area contributed by atoms with Crippen molar-refractivity contribution in [3.8, 4) is 5.75 Å². The Morgan fingerprint density at radius 3 is 2.78 bits per heavy atom. The van der Waals surface area contributed by atoms with Crippen LogP contribution < -0.4 is 15.4 Å². The van der Waals surface area contributed by atoms with Gasteiger partial charge in [-0.05, 0) is 31.0 Å². The molecule has 4 rings (SSSR count). The van der Waals surface area contributed by atoms with Gasteiger partial charge in [-0.3, -0.25) is 14.6 Å². The summed E-state index contributed by atoms with van der Waals surface area (Å²) >= 11 is 0. The van der Waals surface area contributed by atoms with Crippen molar-refractivity contribution < 1.29 is 23.5 Å². The standard InChI is InChI=1S/C24H29FN8O4/c1-26-24(35)21-15-33(32-30-21)14-16(25)2-3-17-4-5-22(31-29-17)28-23(34)13-18-12-20(6-9-27-18)37-19-7-10-36-11-8-19/h4-6,9,12,15-16,19H,2-3,7-8,10-11,13-14H2,1H3,(H,26,35)(H,28,31,34). The van der Waals surface area contributed by atoms with E-state index in [1.807, 2.05) is 0 Å². The molecule has 2 N–H and O–H groups in total. The minimum Gasteiger partial charge on any atom is -0.490 e. The number of ether oxygens (including phenoxy) is 2. The van der Waals surface area contributed by atoms with Crippen molar-refractivity contribution in [1.82, 2.24) is 35.5 Å². The van der Waals surface area contributed by atoms with Gasteiger partial charge in [0.1, 0.15) is 18.0 Å². The highest BCUT2D eigenvalue weighted by molar-refractivity contribution is 5.91. The highest BCUT2D eigenvalue weighted by Crippen LogP contribution is 2.18. The molecule has 2 amide bonds. The van der Waals surface area contributed by atoms with Crippen LogP contribution in [0.15, 0.2) is 36.7 Å². The van der Waals surface area contributed by atoms with Crippen LogP contribution in [0.25, 0.3) is 0 Å². The number of rotatable bonds is 11. The van der Waals surface area contributed by atoms with Gasteiger partial charge in [0, 0.05) is 32.2 Å². The minimum absolute atomic E-state index is 0.0269. The number of hydrogen-bond acceptors (Lipinski definition) is 9. The molecule has 37 heavy (non-hydrogen) atoms. The fourth-order valence-corrected chi connectivity index (χ4v) is 3.74. The van der Waals surface area contributed by atoms with Crippen molar-refractivity contribution in [1.29, 1.82) is 0 Å². The van der Waals surface area contributed by atoms with Gasteiger partial charge in [0.2, 0.25) is 5.91 Å². The molecule has 1 fully saturated rings. The number of amides is 2. The number of aromatic nitrogens is 6. The van der Waals surface area contributed by atoms with Crippen LogP contribution in [0, 0.1) is 0 Å². The van der Waals surface area contributed by atoms with E-state index in [4.69, 9.17) is 9.47 Å². The van der Waals surface area contributed by atoms with Gasteiger partial charge in [-0.2, -0.15) is 5.10 Å². The van der Waals surface area contributed by atoms with Crippen LogP contribution in [-0.2, 0) is 28.9 Å². The molecule has 3 aromatic rings. The molecule has 1 aliphatic rings. The fraction of sp³-hybridized carbons (Fsp3) is 0.458. The maximum absolute atomic E-state index is 14.4. The predicted molar refractivity (Wildman–Crippen MR) is 130 cm³/mol. The number of pyridine rings is 1. The van der Waals surface area contributed by atoms with Crippen LogP contribution in [0.2, 0.25) is 0 Å². The lowest BCUT2D eigenvalue weighted by Crippen LogP contribution is -2.26. The molecule has 196 valence electrons. The molecule has 0 aromatic carbocycles. The second kappa shape index (κ2) is 12.8. The molecule has 0 spiro atoms. The van der Waals surface area contributed by atoms with Crippen molar-refractivity contribution in [2.45, 2.75) is 50.9 Å². The fourth-order valence-electron chi connectivity index (χ4n) is 3.74. The van der Waals surface area contributed by atoms with E-state index >= 15 is 0 Å². The lowest BCUT2D eigenvalue weighted by Gasteiger charge is -2.23. The van der Waals surface area contributed by atoms with Crippen molar-refractivity contribution in [3.63, 3.8) is 0 Å². The average Bonchev–Trinajstić information content (AvgIpc) is 3.37. The summed E-state index contributed by atoms with van der Waals surface area (Å²) in [5, 5.41) is 20.7. The molecule has 0 radical (unpaired) electrons. The summed E-state index contributed by atoms with van der Waals surface area (Å²) in [5.41, 5.74) is 1.30. The quantitative estimate of drug-likeness (QED) is 0.390. The van der Waals surface area contributed by atoms with Gasteiger partial charge in [0.05, 0.1) is 43.8 Å². The third-order valence-corrected chi connectivity index (χ3v) is 5.69. The summed E-state index contributed by atoms with van der Waals surface area (Å²) < 4.78 is 27.0. The number of nitrogens with one attached hydrogen (secondary N) is 2. The molecule has 13 heteroatoms. The molecule has 1 unspecified atom stereocenters. The van der Waals surface area contributed by atoms with Crippen LogP contribution in [0.3, 0.4) is 0 Å². The topological polar surface area (TPSA) is 146 Å². The number of carbonyl (C=O) groups is 2. The van der Waals surface area contributed by atoms with E-state index in [0.717, 1.165) is 12.8 Å². The summed E-state index contributed by atoms with van der Waals surface area (Å²) in [6, 6.07) is 6.85. The van der Waals surface area contributed by atoms with E-state index in [1.54, 1.807) is 30.5 Å². The van der Waals surface area contributed by atoms with Crippen LogP contribution >= 0.6 is 0 Å². The van der Waals surface area contributed by atoms with Gasteiger partial charge in [-0.15, -0.1) is 10.2 Å². The van der Waals surface area contributed by atoms with Crippen molar-refractivity contribution >= 4 is 17.6 Å². The molecular weight excluding hydrogens is 483 g/mol. The Kier molecular flexibility index (Phi) is 9.03. The summed E-state index contributed by atoms with van der Waals surface area (Å²) in [7, 11) is 1.48. The molecule has 0 bridgehead atoms. The summed E-state index contributed by atoms with van der Waals surface area (Å²) in [6.07, 6.45) is 4.17. The van der Waals surface area contributed by atoms with Gasteiger partial charge in [0.15, 0.2) is 11.5 Å². The van der Waals surface area contributed by atoms with Gasteiger partial charge in [-0.1, -0.05) is 5.21 Å². The first kappa shape index (κ1) is 26.1. The maximum atomic E-state index is 14.4. The summed E-state index contributed by atoms with van der Waals surface area (Å²) in [4.78, 5) is 28.2. The Labute approximate surface area is 213 Å². The lowest BCUT2D eigenvalue weighted by molar-refractivity contribution is -0.115. The normalized spacial score (nSPS) is 14.6. The molecule has 1 atom stereocenters. The Morgan fingerprint density at radius 1 is 1.19 bits per heavy atom. The summed E-state index contributed by atoms with van der Waals surface area (Å²) in [5.74, 6) is 0.305. The van der Waals surface area contributed by atoms with E-state index in [1.165, 1.54) is 17.9 Å². The van der Waals surface area contributed by atoms with Crippen molar-refractivity contribution in [2.24, 2.45) is 0 Å². The predicted octanol–water partition coefficient (Wildman–Crippen LogP) is 1.53. The first-order valence-electron chi connectivity index (χ1n) is 12.1. The number of carbonyl (C=O) groups excluding carboxylic acids is 2. The number of halogens is 1. The van der Waals surface area contributed by atoms with E-state index in [2.05, 4.69) is 36.1 Å². The lowest BCUT2D eigenvalue weighted by atomic mass is 10.1. The Morgan fingerprint density at radius 2 is 2.03 bits per heavy atom. The van der Waals surface area contributed by atoms with E-state index in [9.17, 15) is 14.0 Å². The monoisotopic (exact) mass is 512 g/mol. The smallest absolute Gasteiger partial charge is 0.273 e. The minimum atomic E-state index is -1.21. The zero-order valence-electron chi connectivity index (χ0n) is 20.5. The van der Waals surface area contributed by atoms with Gasteiger partial charge >= 0.3 is 0 Å². The molecule has 4 heterocycles. The first-order valence-corrected chi connectivity index (χ1v) is 12.1. The second-order valence-electron chi connectivity index (χ2n) is 8.59. The number of alkyl halides is 1. The zero-order chi connectivity index (χ0) is 26.0. The average molecular weight is 513 g/mol. The number of hydrogen-bond donors (Lipinski definition) is 2. The maximum Gasteiger partial charge on any atom is 0.273 e. The number of anilines is 1. The molecule has 12 nitrogen and oxygen atoms in total. The van der Waals surface area contributed by atoms with E-state index in [-0.39, 0.29) is 43.0 Å². The third kappa shape index (κ3) is 8.00. The van der Waals surface area contributed by atoms with Crippen LogP contribution in [0.4, 0.5) is 10.2 Å². The number of nitrogens with zero attached hydrogens (tertiary/aromatic N) is 6. The summed E-state index contributed by atoms with van der Waals surface area (Å²) in [6.45, 7) is 1.34. The molecule has 0 saturated carbocycles. The van der Waals surface area contributed by atoms with Crippen LogP contribution in [0.1, 0.15) is 41.1 Å². The van der Waals surface area contributed by atoms with Crippen molar-refractivity contribution in [2.75, 3.05) is 25.6 Å². The first-order chi connectivity index (χ1) is 18.0. The van der Waals surface area contributed by atoms with Gasteiger partial charge in [0.25, 0.3) is 5.91 Å². The SMILES string of the molecule is CNC(=O)c1cn(CC(F)CCc2ccc(NC(=O)Cc3cc(OC4CCOCC4)ccn3)nn2)nn1. The molecule has 1 saturated heterocycles. The van der Waals surface area contributed by atoms with Crippen molar-refractivity contribution in [3.05, 3.63) is 53.7 Å². The van der Waals surface area contributed by atoms with Crippen LogP contribution in [0.5, 0.6) is 5.75 Å². The second-order valence-corrected chi connectivity index (χ2v) is 8.59. The molecular formula is C24H29FN8O4. The zero-order valence-corrected chi connectivity index (χ0v) is 20.5. The third-order valence-electron chi connectivity index (χ3n) is 5.69. The number of aryl methyl sites for hydroxylation is 1. The Hall–Kier alpha value is -4.00. The van der Waals surface area contributed by atoms with E-state index in [0.29, 0.717) is 42.6 Å². The van der Waals surface area contributed by atoms with E-state index < -0.39 is 6.17 Å². The Bertz CT molecular complexity index is 1180. The molecule has 0 aliphatic carbocycles. The Balaban J connectivity index is 1.21. The highest BCUT2D eigenvalue weighted by Gasteiger charge is 2.16.